The average molecular weight is 441 g/mol. The average Bonchev–Trinajstić information content (AvgIpc) is 2.73. The van der Waals surface area contributed by atoms with Crippen LogP contribution in [0.25, 0.3) is 10.8 Å². The van der Waals surface area contributed by atoms with Crippen molar-refractivity contribution in [2.75, 3.05) is 17.6 Å². The number of carbonyl (C=O) groups is 1. The second-order valence-electron chi connectivity index (χ2n) is 7.00. The first-order chi connectivity index (χ1) is 14.4. The summed E-state index contributed by atoms with van der Waals surface area (Å²) in [6.45, 7) is 0.0253. The predicted octanol–water partition coefficient (Wildman–Crippen LogP) is 3.28. The minimum absolute atomic E-state index is 0.0681. The highest BCUT2D eigenvalue weighted by Crippen LogP contribution is 2.33. The first-order valence-corrected chi connectivity index (χ1v) is 11.1. The van der Waals surface area contributed by atoms with Crippen LogP contribution in [0.15, 0.2) is 54.9 Å². The number of nitrogens with zero attached hydrogens (tertiary/aromatic N) is 3. The number of nitriles is 1. The fourth-order valence-electron chi connectivity index (χ4n) is 3.64. The molecular weight excluding hydrogens is 424 g/mol. The fraction of sp³-hybridized carbons (Fsp3) is 0.190. The van der Waals surface area contributed by atoms with E-state index in [1.54, 1.807) is 36.7 Å². The molecule has 0 fully saturated rings. The van der Waals surface area contributed by atoms with E-state index in [1.807, 2.05) is 24.3 Å². The van der Waals surface area contributed by atoms with Crippen molar-refractivity contribution in [1.82, 2.24) is 9.29 Å². The molecule has 2 aromatic carbocycles. The molecule has 1 atom stereocenters. The van der Waals surface area contributed by atoms with Gasteiger partial charge in [0, 0.05) is 35.1 Å². The lowest BCUT2D eigenvalue weighted by Crippen LogP contribution is -2.42. The van der Waals surface area contributed by atoms with E-state index >= 15 is 0 Å². The summed E-state index contributed by atoms with van der Waals surface area (Å²) in [6, 6.07) is 14.3. The van der Waals surface area contributed by atoms with Gasteiger partial charge in [0.15, 0.2) is 5.75 Å². The molecule has 2 heterocycles. The van der Waals surface area contributed by atoms with Gasteiger partial charge in [0.1, 0.15) is 0 Å². The molecule has 3 aromatic rings. The molecule has 4 rings (SSSR count). The summed E-state index contributed by atoms with van der Waals surface area (Å²) in [6.07, 6.45) is 3.27. The number of sulfonamides is 1. The maximum atomic E-state index is 13.2. The molecule has 1 aliphatic rings. The van der Waals surface area contributed by atoms with Crippen molar-refractivity contribution in [2.24, 2.45) is 0 Å². The zero-order valence-electron chi connectivity index (χ0n) is 15.7. The molecule has 1 aliphatic heterocycles. The number of halogens is 1. The van der Waals surface area contributed by atoms with Gasteiger partial charge in [0.25, 0.3) is 0 Å². The molecular formula is C21H17ClN4O3S. The van der Waals surface area contributed by atoms with Crippen LogP contribution in [0.3, 0.4) is 0 Å². The standard InChI is InChI=1S/C21H17ClN4O3S/c22-16-6-5-15-12-26(30(28,29)8-7-23)13-19(18(15)9-16)21(27)25-20-11-24-10-14-3-1-2-4-17(14)20/h1-6,9-11,19H,8,12-13H2,(H,25,27). The maximum Gasteiger partial charge on any atom is 0.233 e. The van der Waals surface area contributed by atoms with Gasteiger partial charge in [-0.2, -0.15) is 9.57 Å². The van der Waals surface area contributed by atoms with E-state index in [2.05, 4.69) is 10.3 Å². The molecule has 1 N–H and O–H groups in total. The SMILES string of the molecule is N#CCS(=O)(=O)N1Cc2ccc(Cl)cc2C(C(=O)Nc2cncc3ccccc23)C1. The maximum absolute atomic E-state index is 13.2. The van der Waals surface area contributed by atoms with Crippen LogP contribution in [0.2, 0.25) is 5.02 Å². The summed E-state index contributed by atoms with van der Waals surface area (Å²) >= 11 is 6.14. The molecule has 1 unspecified atom stereocenters. The number of benzene rings is 2. The number of amides is 1. The summed E-state index contributed by atoms with van der Waals surface area (Å²) in [5.41, 5.74) is 1.90. The number of anilines is 1. The second kappa shape index (κ2) is 8.03. The van der Waals surface area contributed by atoms with Gasteiger partial charge in [-0.25, -0.2) is 8.42 Å². The van der Waals surface area contributed by atoms with Crippen molar-refractivity contribution in [2.45, 2.75) is 12.5 Å². The van der Waals surface area contributed by atoms with Crippen LogP contribution in [0.4, 0.5) is 5.69 Å². The molecule has 0 saturated heterocycles. The molecule has 0 spiro atoms. The monoisotopic (exact) mass is 440 g/mol. The normalized spacial score (nSPS) is 16.6. The zero-order chi connectivity index (χ0) is 21.3. The number of aromatic nitrogens is 1. The molecule has 0 saturated carbocycles. The van der Waals surface area contributed by atoms with E-state index in [1.165, 1.54) is 4.31 Å². The van der Waals surface area contributed by atoms with Crippen LogP contribution in [0.1, 0.15) is 17.0 Å². The minimum atomic E-state index is -3.81. The Morgan fingerprint density at radius 3 is 2.87 bits per heavy atom. The molecule has 1 amide bonds. The van der Waals surface area contributed by atoms with E-state index in [0.717, 1.165) is 10.8 Å². The summed E-state index contributed by atoms with van der Waals surface area (Å²) in [5.74, 6) is -1.79. The molecule has 0 bridgehead atoms. The first-order valence-electron chi connectivity index (χ1n) is 9.16. The quantitative estimate of drug-likeness (QED) is 0.670. The zero-order valence-corrected chi connectivity index (χ0v) is 17.3. The van der Waals surface area contributed by atoms with Crippen LogP contribution < -0.4 is 5.32 Å². The third kappa shape index (κ3) is 3.87. The van der Waals surface area contributed by atoms with Crippen LogP contribution in [0, 0.1) is 11.3 Å². The van der Waals surface area contributed by atoms with Gasteiger partial charge in [-0.05, 0) is 23.3 Å². The Kier molecular flexibility index (Phi) is 5.43. The molecule has 1 aromatic heterocycles. The predicted molar refractivity (Wildman–Crippen MR) is 114 cm³/mol. The Bertz CT molecular complexity index is 1280. The Morgan fingerprint density at radius 1 is 1.27 bits per heavy atom. The van der Waals surface area contributed by atoms with Crippen LogP contribution in [-0.2, 0) is 21.4 Å². The van der Waals surface area contributed by atoms with Gasteiger partial charge in [-0.1, -0.05) is 41.9 Å². The van der Waals surface area contributed by atoms with Gasteiger partial charge >= 0.3 is 0 Å². The summed E-state index contributed by atoms with van der Waals surface area (Å²) in [4.78, 5) is 17.4. The van der Waals surface area contributed by atoms with E-state index in [-0.39, 0.29) is 19.0 Å². The van der Waals surface area contributed by atoms with Crippen LogP contribution in [-0.4, -0.2) is 35.9 Å². The van der Waals surface area contributed by atoms with E-state index in [9.17, 15) is 13.2 Å². The van der Waals surface area contributed by atoms with Crippen molar-refractivity contribution >= 4 is 44.0 Å². The van der Waals surface area contributed by atoms with Crippen molar-refractivity contribution in [3.05, 3.63) is 71.0 Å². The summed E-state index contributed by atoms with van der Waals surface area (Å²) in [7, 11) is -3.81. The lowest BCUT2D eigenvalue weighted by molar-refractivity contribution is -0.118. The molecule has 152 valence electrons. The number of rotatable bonds is 4. The smallest absolute Gasteiger partial charge is 0.233 e. The minimum Gasteiger partial charge on any atom is -0.324 e. The van der Waals surface area contributed by atoms with Crippen LogP contribution >= 0.6 is 11.6 Å². The van der Waals surface area contributed by atoms with Gasteiger partial charge in [-0.3, -0.25) is 9.78 Å². The molecule has 0 aliphatic carbocycles. The Balaban J connectivity index is 1.71. The number of carbonyl (C=O) groups excluding carboxylic acids is 1. The lowest BCUT2D eigenvalue weighted by atomic mass is 9.90. The highest BCUT2D eigenvalue weighted by Gasteiger charge is 2.36. The number of nitrogens with one attached hydrogen (secondary N) is 1. The van der Waals surface area contributed by atoms with Gasteiger partial charge in [0.05, 0.1) is 23.9 Å². The molecule has 7 nitrogen and oxygen atoms in total. The third-order valence-corrected chi connectivity index (χ3v) is 6.89. The summed E-state index contributed by atoms with van der Waals surface area (Å²) < 4.78 is 26.2. The lowest BCUT2D eigenvalue weighted by Gasteiger charge is -2.33. The van der Waals surface area contributed by atoms with Crippen LogP contribution in [0.5, 0.6) is 0 Å². The Morgan fingerprint density at radius 2 is 2.07 bits per heavy atom. The molecule has 0 radical (unpaired) electrons. The Hall–Kier alpha value is -2.99. The Labute approximate surface area is 179 Å². The third-order valence-electron chi connectivity index (χ3n) is 5.10. The van der Waals surface area contributed by atoms with E-state index in [0.29, 0.717) is 21.8 Å². The number of hydrogen-bond donors (Lipinski definition) is 1. The largest absolute Gasteiger partial charge is 0.324 e. The second-order valence-corrected chi connectivity index (χ2v) is 9.41. The topological polar surface area (TPSA) is 103 Å². The first kappa shape index (κ1) is 20.3. The highest BCUT2D eigenvalue weighted by molar-refractivity contribution is 7.89. The van der Waals surface area contributed by atoms with Gasteiger partial charge in [-0.15, -0.1) is 0 Å². The highest BCUT2D eigenvalue weighted by atomic mass is 35.5. The van der Waals surface area contributed by atoms with Crippen molar-refractivity contribution in [1.29, 1.82) is 5.26 Å². The molecule has 30 heavy (non-hydrogen) atoms. The van der Waals surface area contributed by atoms with Crippen molar-refractivity contribution in [3.63, 3.8) is 0 Å². The van der Waals surface area contributed by atoms with Crippen molar-refractivity contribution < 1.29 is 13.2 Å². The van der Waals surface area contributed by atoms with Crippen molar-refractivity contribution in [3.8, 4) is 6.07 Å². The van der Waals surface area contributed by atoms with E-state index in [4.69, 9.17) is 16.9 Å². The van der Waals surface area contributed by atoms with E-state index < -0.39 is 21.7 Å². The van der Waals surface area contributed by atoms with Gasteiger partial charge < -0.3 is 5.32 Å². The number of hydrogen-bond acceptors (Lipinski definition) is 5. The summed E-state index contributed by atoms with van der Waals surface area (Å²) in [5, 5.41) is 13.9. The number of pyridine rings is 1. The van der Waals surface area contributed by atoms with Gasteiger partial charge in [0.2, 0.25) is 15.9 Å². The fourth-order valence-corrected chi connectivity index (χ4v) is 4.87. The number of fused-ring (bicyclic) bond motifs is 2. The molecule has 9 heteroatoms.